The maximum absolute atomic E-state index is 11.3. The molecule has 0 aliphatic rings. The van der Waals surface area contributed by atoms with Crippen LogP contribution in [-0.2, 0) is 10.0 Å². The molecule has 0 aliphatic carbocycles. The molecule has 0 saturated carbocycles. The molecule has 18 heavy (non-hydrogen) atoms. The second-order valence-electron chi connectivity index (χ2n) is 3.96. The Hall–Kier alpha value is -1.34. The van der Waals surface area contributed by atoms with Gasteiger partial charge in [0.1, 0.15) is 0 Å². The lowest BCUT2D eigenvalue weighted by Gasteiger charge is -2.05. The van der Waals surface area contributed by atoms with Gasteiger partial charge in [-0.05, 0) is 24.6 Å². The van der Waals surface area contributed by atoms with E-state index in [1.807, 2.05) is 31.2 Å². The molecule has 96 valence electrons. The fraction of sp³-hybridized carbons (Fsp3) is 0.182. The predicted molar refractivity (Wildman–Crippen MR) is 74.9 cm³/mol. The molecule has 0 bridgehead atoms. The molecule has 7 heteroatoms. The molecule has 1 aromatic heterocycles. The monoisotopic (exact) mass is 329 g/mol. The topological polar surface area (TPSA) is 74.8 Å². The molecule has 0 unspecified atom stereocenters. The van der Waals surface area contributed by atoms with Crippen molar-refractivity contribution in [2.45, 2.75) is 6.92 Å². The molecule has 0 atom stereocenters. The summed E-state index contributed by atoms with van der Waals surface area (Å²) in [6.45, 7) is 1.84. The summed E-state index contributed by atoms with van der Waals surface area (Å²) in [6, 6.07) is 7.60. The zero-order valence-corrected chi connectivity index (χ0v) is 12.3. The Kier molecular flexibility index (Phi) is 3.45. The largest absolute Gasteiger partial charge is 0.280 e. The number of rotatable bonds is 3. The first-order chi connectivity index (χ1) is 8.37. The number of halogens is 1. The Labute approximate surface area is 114 Å². The van der Waals surface area contributed by atoms with Crippen LogP contribution in [0.15, 0.2) is 28.7 Å². The molecule has 0 radical (unpaired) electrons. The van der Waals surface area contributed by atoms with Crippen molar-refractivity contribution in [3.05, 3.63) is 34.4 Å². The molecule has 1 aromatic carbocycles. The van der Waals surface area contributed by atoms with Crippen LogP contribution in [0.25, 0.3) is 11.1 Å². The minimum absolute atomic E-state index is 0.313. The molecular formula is C11H12BrN3O2S. The summed E-state index contributed by atoms with van der Waals surface area (Å²) in [5.41, 5.74) is 2.45. The number of benzene rings is 1. The minimum Gasteiger partial charge on any atom is -0.280 e. The van der Waals surface area contributed by atoms with Crippen molar-refractivity contribution in [3.8, 4) is 11.1 Å². The molecule has 0 spiro atoms. The van der Waals surface area contributed by atoms with E-state index in [1.165, 1.54) is 0 Å². The van der Waals surface area contributed by atoms with Gasteiger partial charge in [0.05, 0.1) is 6.26 Å². The SMILES string of the molecule is Cc1[nH]nc(NS(C)(=O)=O)c1-c1cccc(Br)c1. The molecule has 0 aliphatic heterocycles. The van der Waals surface area contributed by atoms with Gasteiger partial charge in [-0.2, -0.15) is 5.10 Å². The van der Waals surface area contributed by atoms with E-state index in [1.54, 1.807) is 0 Å². The van der Waals surface area contributed by atoms with Crippen LogP contribution in [0, 0.1) is 6.92 Å². The van der Waals surface area contributed by atoms with Crippen molar-refractivity contribution >= 4 is 31.8 Å². The lowest BCUT2D eigenvalue weighted by atomic mass is 10.1. The molecule has 0 saturated heterocycles. The van der Waals surface area contributed by atoms with Gasteiger partial charge in [0.25, 0.3) is 0 Å². The lowest BCUT2D eigenvalue weighted by Crippen LogP contribution is -2.10. The van der Waals surface area contributed by atoms with Crippen molar-refractivity contribution < 1.29 is 8.42 Å². The van der Waals surface area contributed by atoms with E-state index in [4.69, 9.17) is 0 Å². The second-order valence-corrected chi connectivity index (χ2v) is 6.62. The Morgan fingerprint density at radius 1 is 1.39 bits per heavy atom. The van der Waals surface area contributed by atoms with E-state index in [9.17, 15) is 8.42 Å². The molecule has 2 N–H and O–H groups in total. The van der Waals surface area contributed by atoms with Crippen LogP contribution in [-0.4, -0.2) is 24.9 Å². The van der Waals surface area contributed by atoms with Gasteiger partial charge in [0.15, 0.2) is 5.82 Å². The van der Waals surface area contributed by atoms with Gasteiger partial charge in [-0.25, -0.2) is 8.42 Å². The van der Waals surface area contributed by atoms with E-state index in [2.05, 4.69) is 30.8 Å². The van der Waals surface area contributed by atoms with Gasteiger partial charge < -0.3 is 0 Å². The highest BCUT2D eigenvalue weighted by Crippen LogP contribution is 2.31. The van der Waals surface area contributed by atoms with Crippen molar-refractivity contribution in [2.24, 2.45) is 0 Å². The van der Waals surface area contributed by atoms with Crippen LogP contribution < -0.4 is 4.72 Å². The number of anilines is 1. The quantitative estimate of drug-likeness (QED) is 0.908. The van der Waals surface area contributed by atoms with Gasteiger partial charge in [0, 0.05) is 15.7 Å². The number of hydrogen-bond donors (Lipinski definition) is 2. The summed E-state index contributed by atoms with van der Waals surface area (Å²) >= 11 is 3.39. The van der Waals surface area contributed by atoms with Gasteiger partial charge in [-0.15, -0.1) is 0 Å². The number of aryl methyl sites for hydroxylation is 1. The molecule has 2 rings (SSSR count). The van der Waals surface area contributed by atoms with Gasteiger partial charge in [-0.1, -0.05) is 28.1 Å². The fourth-order valence-electron chi connectivity index (χ4n) is 1.68. The summed E-state index contributed by atoms with van der Waals surface area (Å²) in [4.78, 5) is 0. The van der Waals surface area contributed by atoms with E-state index < -0.39 is 10.0 Å². The average Bonchev–Trinajstić information content (AvgIpc) is 2.57. The standard InChI is InChI=1S/C11H12BrN3O2S/c1-7-10(8-4-3-5-9(12)6-8)11(14-13-7)15-18(2,16)17/h3-6H,1-2H3,(H2,13,14,15). The summed E-state index contributed by atoms with van der Waals surface area (Å²) in [5.74, 6) is 0.313. The predicted octanol–water partition coefficient (Wildman–Crippen LogP) is 2.52. The van der Waals surface area contributed by atoms with E-state index in [0.717, 1.165) is 27.5 Å². The van der Waals surface area contributed by atoms with E-state index in [-0.39, 0.29) is 0 Å². The molecule has 0 amide bonds. The lowest BCUT2D eigenvalue weighted by molar-refractivity contribution is 0.606. The third kappa shape index (κ3) is 2.91. The smallest absolute Gasteiger partial charge is 0.231 e. The summed E-state index contributed by atoms with van der Waals surface area (Å²) in [6.07, 6.45) is 1.10. The van der Waals surface area contributed by atoms with Crippen LogP contribution in [0.2, 0.25) is 0 Å². The van der Waals surface area contributed by atoms with Gasteiger partial charge >= 0.3 is 0 Å². The normalized spacial score (nSPS) is 11.5. The van der Waals surface area contributed by atoms with Crippen LogP contribution >= 0.6 is 15.9 Å². The van der Waals surface area contributed by atoms with Crippen molar-refractivity contribution in [2.75, 3.05) is 11.0 Å². The molecular weight excluding hydrogens is 318 g/mol. The van der Waals surface area contributed by atoms with Crippen LogP contribution in [0.4, 0.5) is 5.82 Å². The Morgan fingerprint density at radius 2 is 2.11 bits per heavy atom. The molecule has 2 aromatic rings. The second kappa shape index (κ2) is 4.74. The summed E-state index contributed by atoms with van der Waals surface area (Å²) < 4.78 is 25.9. The summed E-state index contributed by atoms with van der Waals surface area (Å²) in [7, 11) is -3.35. The summed E-state index contributed by atoms with van der Waals surface area (Å²) in [5, 5.41) is 6.76. The van der Waals surface area contributed by atoms with Crippen LogP contribution in [0.1, 0.15) is 5.69 Å². The maximum atomic E-state index is 11.3. The zero-order valence-electron chi connectivity index (χ0n) is 9.86. The number of aromatic nitrogens is 2. The highest BCUT2D eigenvalue weighted by atomic mass is 79.9. The molecule has 5 nitrogen and oxygen atoms in total. The van der Waals surface area contributed by atoms with E-state index in [0.29, 0.717) is 5.82 Å². The number of H-pyrrole nitrogens is 1. The number of nitrogens with zero attached hydrogens (tertiary/aromatic N) is 1. The third-order valence-corrected chi connectivity index (χ3v) is 3.40. The van der Waals surface area contributed by atoms with Crippen molar-refractivity contribution in [1.29, 1.82) is 0 Å². The Bertz CT molecular complexity index is 679. The number of hydrogen-bond acceptors (Lipinski definition) is 3. The highest BCUT2D eigenvalue weighted by molar-refractivity contribution is 9.10. The Balaban J connectivity index is 2.54. The average molecular weight is 330 g/mol. The van der Waals surface area contributed by atoms with E-state index >= 15 is 0 Å². The van der Waals surface area contributed by atoms with Crippen LogP contribution in [0.5, 0.6) is 0 Å². The minimum atomic E-state index is -3.35. The van der Waals surface area contributed by atoms with Crippen molar-refractivity contribution in [1.82, 2.24) is 10.2 Å². The molecule has 1 heterocycles. The van der Waals surface area contributed by atoms with Crippen LogP contribution in [0.3, 0.4) is 0 Å². The number of sulfonamides is 1. The first-order valence-electron chi connectivity index (χ1n) is 5.15. The first kappa shape index (κ1) is 13.1. The zero-order chi connectivity index (χ0) is 13.3. The third-order valence-electron chi connectivity index (χ3n) is 2.34. The number of aromatic amines is 1. The van der Waals surface area contributed by atoms with Gasteiger partial charge in [0.2, 0.25) is 10.0 Å². The molecule has 0 fully saturated rings. The van der Waals surface area contributed by atoms with Crippen molar-refractivity contribution in [3.63, 3.8) is 0 Å². The first-order valence-corrected chi connectivity index (χ1v) is 7.84. The number of nitrogens with one attached hydrogen (secondary N) is 2. The highest BCUT2D eigenvalue weighted by Gasteiger charge is 2.15. The fourth-order valence-corrected chi connectivity index (χ4v) is 2.57. The Morgan fingerprint density at radius 3 is 2.72 bits per heavy atom. The van der Waals surface area contributed by atoms with Gasteiger partial charge in [-0.3, -0.25) is 9.82 Å². The maximum Gasteiger partial charge on any atom is 0.231 e.